The van der Waals surface area contributed by atoms with E-state index in [1.54, 1.807) is 11.3 Å². The molecule has 0 aliphatic rings. The van der Waals surface area contributed by atoms with Gasteiger partial charge in [0.25, 0.3) is 5.91 Å². The number of fused-ring (bicyclic) bond motifs is 1. The summed E-state index contributed by atoms with van der Waals surface area (Å²) in [5.74, 6) is -0.249. The van der Waals surface area contributed by atoms with E-state index < -0.39 is 5.41 Å². The third kappa shape index (κ3) is 3.94. The predicted molar refractivity (Wildman–Crippen MR) is 109 cm³/mol. The van der Waals surface area contributed by atoms with Crippen LogP contribution in [0.25, 0.3) is 10.2 Å². The van der Waals surface area contributed by atoms with Crippen LogP contribution in [0.5, 0.6) is 0 Å². The van der Waals surface area contributed by atoms with Gasteiger partial charge in [0.15, 0.2) is 0 Å². The quantitative estimate of drug-likeness (QED) is 0.648. The Kier molecular flexibility index (Phi) is 4.86. The molecule has 0 saturated carbocycles. The van der Waals surface area contributed by atoms with E-state index in [1.165, 1.54) is 11.3 Å². The first-order valence-electron chi connectivity index (χ1n) is 8.24. The first kappa shape index (κ1) is 18.5. The average Bonchev–Trinajstić information content (AvgIpc) is 3.07. The number of nitrogens with one attached hydrogen (secondary N) is 2. The SMILES string of the molecule is Cc1nc2ccc(NC(=O)c3sc(NC(=O)C(C)(C)C)cc3C)cc2s1. The second-order valence-corrected chi connectivity index (χ2v) is 9.48. The van der Waals surface area contributed by atoms with Gasteiger partial charge in [0.2, 0.25) is 5.91 Å². The highest BCUT2D eigenvalue weighted by Crippen LogP contribution is 2.30. The maximum Gasteiger partial charge on any atom is 0.266 e. The van der Waals surface area contributed by atoms with Gasteiger partial charge in [-0.25, -0.2) is 4.98 Å². The van der Waals surface area contributed by atoms with Crippen molar-refractivity contribution in [3.63, 3.8) is 0 Å². The van der Waals surface area contributed by atoms with Crippen LogP contribution in [0, 0.1) is 19.3 Å². The molecule has 2 aromatic heterocycles. The summed E-state index contributed by atoms with van der Waals surface area (Å²) >= 11 is 2.88. The number of amides is 2. The zero-order chi connectivity index (χ0) is 19.1. The molecule has 3 rings (SSSR count). The van der Waals surface area contributed by atoms with Gasteiger partial charge in [-0.1, -0.05) is 20.8 Å². The first-order valence-corrected chi connectivity index (χ1v) is 9.87. The van der Waals surface area contributed by atoms with Crippen molar-refractivity contribution in [2.24, 2.45) is 5.41 Å². The maximum absolute atomic E-state index is 12.6. The second kappa shape index (κ2) is 6.81. The number of carbonyl (C=O) groups excluding carboxylic acids is 2. The number of aromatic nitrogens is 1. The number of carbonyl (C=O) groups is 2. The lowest BCUT2D eigenvalue weighted by atomic mass is 9.96. The molecule has 0 unspecified atom stereocenters. The summed E-state index contributed by atoms with van der Waals surface area (Å²) in [4.78, 5) is 29.8. The molecule has 0 aliphatic heterocycles. The molecule has 5 nitrogen and oxygen atoms in total. The summed E-state index contributed by atoms with van der Waals surface area (Å²) < 4.78 is 1.04. The van der Waals surface area contributed by atoms with Crippen molar-refractivity contribution in [3.05, 3.63) is 39.7 Å². The van der Waals surface area contributed by atoms with Gasteiger partial charge >= 0.3 is 0 Å². The number of benzene rings is 1. The summed E-state index contributed by atoms with van der Waals surface area (Å²) in [7, 11) is 0. The molecule has 0 atom stereocenters. The Balaban J connectivity index is 1.77. The minimum Gasteiger partial charge on any atom is -0.321 e. The van der Waals surface area contributed by atoms with Crippen LogP contribution in [-0.4, -0.2) is 16.8 Å². The van der Waals surface area contributed by atoms with Crippen molar-refractivity contribution in [2.75, 3.05) is 10.6 Å². The van der Waals surface area contributed by atoms with Crippen molar-refractivity contribution in [3.8, 4) is 0 Å². The fourth-order valence-corrected chi connectivity index (χ4v) is 4.20. The number of hydrogen-bond donors (Lipinski definition) is 2. The van der Waals surface area contributed by atoms with Crippen LogP contribution < -0.4 is 10.6 Å². The number of hydrogen-bond acceptors (Lipinski definition) is 5. The molecular formula is C19H21N3O2S2. The zero-order valence-electron chi connectivity index (χ0n) is 15.4. The third-order valence-electron chi connectivity index (χ3n) is 3.80. The van der Waals surface area contributed by atoms with Crippen LogP contribution in [0.2, 0.25) is 0 Å². The van der Waals surface area contributed by atoms with Crippen molar-refractivity contribution < 1.29 is 9.59 Å². The summed E-state index contributed by atoms with van der Waals surface area (Å²) in [6.07, 6.45) is 0. The van der Waals surface area contributed by atoms with E-state index in [9.17, 15) is 9.59 Å². The second-order valence-electron chi connectivity index (χ2n) is 7.20. The van der Waals surface area contributed by atoms with Gasteiger partial charge < -0.3 is 10.6 Å². The molecular weight excluding hydrogens is 366 g/mol. The molecule has 26 heavy (non-hydrogen) atoms. The average molecular weight is 388 g/mol. The highest BCUT2D eigenvalue weighted by Gasteiger charge is 2.23. The molecule has 0 radical (unpaired) electrons. The number of aryl methyl sites for hydroxylation is 2. The molecule has 0 fully saturated rings. The van der Waals surface area contributed by atoms with Gasteiger partial charge in [-0.2, -0.15) is 0 Å². The Morgan fingerprint density at radius 3 is 2.46 bits per heavy atom. The Bertz CT molecular complexity index is 996. The van der Waals surface area contributed by atoms with Gasteiger partial charge in [-0.3, -0.25) is 9.59 Å². The van der Waals surface area contributed by atoms with Crippen LogP contribution in [0.15, 0.2) is 24.3 Å². The third-order valence-corrected chi connectivity index (χ3v) is 5.88. The predicted octanol–water partition coefficient (Wildman–Crippen LogP) is 5.21. The van der Waals surface area contributed by atoms with Crippen LogP contribution in [-0.2, 0) is 4.79 Å². The summed E-state index contributed by atoms with van der Waals surface area (Å²) in [6, 6.07) is 7.53. The largest absolute Gasteiger partial charge is 0.321 e. The lowest BCUT2D eigenvalue weighted by molar-refractivity contribution is -0.123. The Morgan fingerprint density at radius 2 is 1.77 bits per heavy atom. The summed E-state index contributed by atoms with van der Waals surface area (Å²) in [5.41, 5.74) is 2.03. The minimum absolute atomic E-state index is 0.0725. The number of nitrogens with zero attached hydrogens (tertiary/aromatic N) is 1. The molecule has 2 amide bonds. The normalized spacial score (nSPS) is 11.6. The van der Waals surface area contributed by atoms with Crippen molar-refractivity contribution in [2.45, 2.75) is 34.6 Å². The fraction of sp³-hybridized carbons (Fsp3) is 0.316. The maximum atomic E-state index is 12.6. The van der Waals surface area contributed by atoms with E-state index in [1.807, 2.05) is 58.9 Å². The van der Waals surface area contributed by atoms with E-state index in [4.69, 9.17) is 0 Å². The number of anilines is 2. The van der Waals surface area contributed by atoms with Gasteiger partial charge in [-0.15, -0.1) is 22.7 Å². The highest BCUT2D eigenvalue weighted by molar-refractivity contribution is 7.18. The molecule has 0 aliphatic carbocycles. The lowest BCUT2D eigenvalue weighted by Crippen LogP contribution is -2.27. The molecule has 7 heteroatoms. The topological polar surface area (TPSA) is 71.1 Å². The standard InChI is InChI=1S/C19H21N3O2S2/c1-10-8-15(22-18(24)19(3,4)5)26-16(10)17(23)21-12-6-7-13-14(9-12)25-11(2)20-13/h6-9H,1-5H3,(H,21,23)(H,22,24). The molecule has 0 bridgehead atoms. The van der Waals surface area contributed by atoms with Crippen molar-refractivity contribution >= 4 is 55.4 Å². The number of thiazole rings is 1. The van der Waals surface area contributed by atoms with Crippen molar-refractivity contribution in [1.29, 1.82) is 0 Å². The van der Waals surface area contributed by atoms with Gasteiger partial charge in [0.1, 0.15) is 0 Å². The molecule has 136 valence electrons. The van der Waals surface area contributed by atoms with E-state index in [-0.39, 0.29) is 11.8 Å². The van der Waals surface area contributed by atoms with Gasteiger partial charge in [-0.05, 0) is 43.7 Å². The smallest absolute Gasteiger partial charge is 0.266 e. The highest BCUT2D eigenvalue weighted by atomic mass is 32.1. The first-order chi connectivity index (χ1) is 12.1. The van der Waals surface area contributed by atoms with Crippen LogP contribution in [0.3, 0.4) is 0 Å². The van der Waals surface area contributed by atoms with Gasteiger partial charge in [0, 0.05) is 11.1 Å². The van der Waals surface area contributed by atoms with Crippen molar-refractivity contribution in [1.82, 2.24) is 4.98 Å². The van der Waals surface area contributed by atoms with E-state index in [2.05, 4.69) is 15.6 Å². The molecule has 1 aromatic carbocycles. The molecule has 2 heterocycles. The minimum atomic E-state index is -0.484. The lowest BCUT2D eigenvalue weighted by Gasteiger charge is -2.16. The van der Waals surface area contributed by atoms with E-state index in [0.717, 1.165) is 26.5 Å². The molecule has 0 saturated heterocycles. The van der Waals surface area contributed by atoms with Crippen LogP contribution in [0.1, 0.15) is 41.0 Å². The summed E-state index contributed by atoms with van der Waals surface area (Å²) in [6.45, 7) is 9.40. The van der Waals surface area contributed by atoms with Crippen LogP contribution >= 0.6 is 22.7 Å². The molecule has 2 N–H and O–H groups in total. The Hall–Kier alpha value is -2.25. The monoisotopic (exact) mass is 387 g/mol. The Labute approximate surface area is 160 Å². The Morgan fingerprint density at radius 1 is 1.04 bits per heavy atom. The fourth-order valence-electron chi connectivity index (χ4n) is 2.37. The molecule has 3 aromatic rings. The van der Waals surface area contributed by atoms with Gasteiger partial charge in [0.05, 0.1) is 25.1 Å². The summed E-state index contributed by atoms with van der Waals surface area (Å²) in [5, 5.41) is 7.50. The number of rotatable bonds is 3. The van der Waals surface area contributed by atoms with Crippen LogP contribution in [0.4, 0.5) is 10.7 Å². The number of thiophene rings is 1. The van der Waals surface area contributed by atoms with E-state index in [0.29, 0.717) is 9.88 Å². The molecule has 0 spiro atoms. The van der Waals surface area contributed by atoms with E-state index >= 15 is 0 Å². The zero-order valence-corrected chi connectivity index (χ0v) is 17.0.